The minimum atomic E-state index is 0.227. The molecule has 0 amide bonds. The lowest BCUT2D eigenvalue weighted by atomic mass is 9.88. The van der Waals surface area contributed by atoms with Gasteiger partial charge in [-0.05, 0) is 54.0 Å². The van der Waals surface area contributed by atoms with Crippen LogP contribution >= 0.6 is 11.6 Å². The van der Waals surface area contributed by atoms with Crippen LogP contribution in [-0.4, -0.2) is 25.6 Å². The molecule has 24 heavy (non-hydrogen) atoms. The molecular formula is C18H16ClN5. The summed E-state index contributed by atoms with van der Waals surface area (Å²) in [7, 11) is 0. The summed E-state index contributed by atoms with van der Waals surface area (Å²) in [6.07, 6.45) is 7.85. The highest BCUT2D eigenvalue weighted by Crippen LogP contribution is 2.42. The van der Waals surface area contributed by atoms with Crippen molar-refractivity contribution in [2.45, 2.75) is 31.7 Å². The molecule has 2 aliphatic rings. The number of nitrogens with zero attached hydrogens (tertiary/aromatic N) is 4. The molecule has 2 heterocycles. The third-order valence-corrected chi connectivity index (χ3v) is 5.15. The van der Waals surface area contributed by atoms with Gasteiger partial charge in [-0.3, -0.25) is 0 Å². The summed E-state index contributed by atoms with van der Waals surface area (Å²) in [5, 5.41) is 7.90. The zero-order valence-corrected chi connectivity index (χ0v) is 13.8. The van der Waals surface area contributed by atoms with Crippen LogP contribution in [0, 0.1) is 0 Å². The molecule has 1 N–H and O–H groups in total. The third kappa shape index (κ3) is 2.19. The Morgan fingerprint density at radius 1 is 1.25 bits per heavy atom. The topological polar surface area (TPSA) is 55.1 Å². The Labute approximate surface area is 144 Å². The predicted molar refractivity (Wildman–Crippen MR) is 94.1 cm³/mol. The van der Waals surface area contributed by atoms with Gasteiger partial charge >= 0.3 is 0 Å². The first-order valence-corrected chi connectivity index (χ1v) is 8.58. The first kappa shape index (κ1) is 14.0. The van der Waals surface area contributed by atoms with Crippen molar-refractivity contribution in [2.24, 2.45) is 0 Å². The van der Waals surface area contributed by atoms with Crippen LogP contribution in [-0.2, 0) is 6.42 Å². The van der Waals surface area contributed by atoms with Crippen LogP contribution in [0.2, 0.25) is 5.28 Å². The molecule has 1 atom stereocenters. The molecule has 0 radical (unpaired) electrons. The zero-order valence-electron chi connectivity index (χ0n) is 13.0. The van der Waals surface area contributed by atoms with Gasteiger partial charge in [-0.25, -0.2) is 9.50 Å². The average molecular weight is 338 g/mol. The first-order valence-electron chi connectivity index (χ1n) is 8.20. The fraction of sp³-hybridized carbons (Fsp3) is 0.278. The van der Waals surface area contributed by atoms with E-state index < -0.39 is 0 Å². The monoisotopic (exact) mass is 337 g/mol. The minimum absolute atomic E-state index is 0.227. The molecule has 2 aliphatic carbocycles. The number of benzene rings is 1. The highest BCUT2D eigenvalue weighted by molar-refractivity contribution is 6.28. The fourth-order valence-electron chi connectivity index (χ4n) is 3.90. The van der Waals surface area contributed by atoms with Gasteiger partial charge in [-0.15, -0.1) is 5.10 Å². The van der Waals surface area contributed by atoms with E-state index in [9.17, 15) is 0 Å². The van der Waals surface area contributed by atoms with Gasteiger partial charge in [0.2, 0.25) is 5.28 Å². The largest absolute Gasteiger partial charge is 0.364 e. The highest BCUT2D eigenvalue weighted by Gasteiger charge is 2.28. The number of aromatic nitrogens is 4. The van der Waals surface area contributed by atoms with Crippen LogP contribution < -0.4 is 5.32 Å². The summed E-state index contributed by atoms with van der Waals surface area (Å²) in [4.78, 5) is 8.67. The van der Waals surface area contributed by atoms with Gasteiger partial charge in [0.05, 0.1) is 0 Å². The van der Waals surface area contributed by atoms with Gasteiger partial charge in [0.1, 0.15) is 0 Å². The molecule has 3 aromatic rings. The van der Waals surface area contributed by atoms with E-state index in [0.29, 0.717) is 17.5 Å². The van der Waals surface area contributed by atoms with Crippen molar-refractivity contribution in [3.63, 3.8) is 0 Å². The van der Waals surface area contributed by atoms with Gasteiger partial charge in [-0.2, -0.15) is 4.98 Å². The van der Waals surface area contributed by atoms with E-state index in [1.165, 1.54) is 16.7 Å². The van der Waals surface area contributed by atoms with Gasteiger partial charge in [0.25, 0.3) is 0 Å². The molecule has 1 aromatic carbocycles. The lowest BCUT2D eigenvalue weighted by Crippen LogP contribution is -2.24. The summed E-state index contributed by atoms with van der Waals surface area (Å²) in [5.41, 5.74) is 6.70. The van der Waals surface area contributed by atoms with Crippen LogP contribution in [0.4, 0.5) is 5.82 Å². The molecule has 5 rings (SSSR count). The highest BCUT2D eigenvalue weighted by atomic mass is 35.5. The van der Waals surface area contributed by atoms with Crippen LogP contribution in [0.5, 0.6) is 0 Å². The SMILES string of the molecule is Clc1nc(N[C@@H]2CCC3=C(C2)c2ccccc2C3)c2nccn2n1. The van der Waals surface area contributed by atoms with E-state index in [0.717, 1.165) is 25.7 Å². The van der Waals surface area contributed by atoms with Crippen molar-refractivity contribution in [1.82, 2.24) is 19.6 Å². The molecule has 0 spiro atoms. The molecule has 0 fully saturated rings. The number of nitrogens with one attached hydrogen (secondary N) is 1. The standard InChI is InChI=1S/C18H16ClN5/c19-18-22-16(17-20-7-8-24(17)23-18)21-13-6-5-12-9-11-3-1-2-4-14(11)15(12)10-13/h1-4,7-8,13H,5-6,9-10H2,(H,21,22,23)/t13-/m1/s1. The Hall–Kier alpha value is -2.40. The number of hydrogen-bond donors (Lipinski definition) is 1. The normalized spacial score (nSPS) is 19.5. The van der Waals surface area contributed by atoms with E-state index >= 15 is 0 Å². The molecule has 0 unspecified atom stereocenters. The Kier molecular flexibility index (Phi) is 3.10. The van der Waals surface area contributed by atoms with E-state index in [2.05, 4.69) is 44.6 Å². The Morgan fingerprint density at radius 3 is 3.12 bits per heavy atom. The fourth-order valence-corrected chi connectivity index (χ4v) is 4.07. The zero-order chi connectivity index (χ0) is 16.1. The number of fused-ring (bicyclic) bond motifs is 3. The number of halogens is 1. The molecule has 0 aliphatic heterocycles. The Morgan fingerprint density at radius 2 is 2.17 bits per heavy atom. The van der Waals surface area contributed by atoms with E-state index in [1.807, 2.05) is 0 Å². The first-order chi connectivity index (χ1) is 11.8. The van der Waals surface area contributed by atoms with Crippen LogP contribution in [0.3, 0.4) is 0 Å². The summed E-state index contributed by atoms with van der Waals surface area (Å²) >= 11 is 6.03. The number of rotatable bonds is 2. The van der Waals surface area contributed by atoms with Crippen molar-refractivity contribution in [2.75, 3.05) is 5.32 Å². The van der Waals surface area contributed by atoms with E-state index in [4.69, 9.17) is 11.6 Å². The third-order valence-electron chi connectivity index (χ3n) is 4.99. The number of anilines is 1. The number of imidazole rings is 1. The van der Waals surface area contributed by atoms with Crippen molar-refractivity contribution >= 4 is 28.6 Å². The minimum Gasteiger partial charge on any atom is -0.364 e. The van der Waals surface area contributed by atoms with Crippen molar-refractivity contribution < 1.29 is 0 Å². The Balaban J connectivity index is 1.45. The van der Waals surface area contributed by atoms with Crippen LogP contribution in [0.1, 0.15) is 30.4 Å². The maximum absolute atomic E-state index is 6.03. The van der Waals surface area contributed by atoms with Crippen LogP contribution in [0.15, 0.2) is 42.2 Å². The van der Waals surface area contributed by atoms with Crippen LogP contribution in [0.25, 0.3) is 11.2 Å². The smallest absolute Gasteiger partial charge is 0.243 e. The van der Waals surface area contributed by atoms with Gasteiger partial charge in [-0.1, -0.05) is 29.8 Å². The molecule has 5 nitrogen and oxygen atoms in total. The van der Waals surface area contributed by atoms with Crippen molar-refractivity contribution in [3.05, 3.63) is 58.6 Å². The lowest BCUT2D eigenvalue weighted by molar-refractivity contribution is 0.632. The summed E-state index contributed by atoms with van der Waals surface area (Å²) in [5.74, 6) is 0.709. The molecule has 2 aromatic heterocycles. The van der Waals surface area contributed by atoms with Gasteiger partial charge in [0.15, 0.2) is 11.5 Å². The van der Waals surface area contributed by atoms with Gasteiger partial charge in [0, 0.05) is 18.4 Å². The van der Waals surface area contributed by atoms with E-state index in [-0.39, 0.29) is 5.28 Å². The molecular weight excluding hydrogens is 322 g/mol. The van der Waals surface area contributed by atoms with E-state index in [1.54, 1.807) is 22.5 Å². The summed E-state index contributed by atoms with van der Waals surface area (Å²) in [6.45, 7) is 0. The summed E-state index contributed by atoms with van der Waals surface area (Å²) < 4.78 is 1.66. The molecule has 0 bridgehead atoms. The predicted octanol–water partition coefficient (Wildman–Crippen LogP) is 3.75. The maximum atomic E-state index is 6.03. The second kappa shape index (κ2) is 5.31. The lowest BCUT2D eigenvalue weighted by Gasteiger charge is -2.26. The second-order valence-electron chi connectivity index (χ2n) is 6.42. The molecule has 120 valence electrons. The second-order valence-corrected chi connectivity index (χ2v) is 6.76. The maximum Gasteiger partial charge on any atom is 0.243 e. The molecule has 0 saturated carbocycles. The number of allylic oxidation sites excluding steroid dienone is 1. The van der Waals surface area contributed by atoms with Gasteiger partial charge < -0.3 is 5.32 Å². The van der Waals surface area contributed by atoms with Crippen molar-refractivity contribution in [3.8, 4) is 0 Å². The average Bonchev–Trinajstić information content (AvgIpc) is 3.19. The van der Waals surface area contributed by atoms with Crippen molar-refractivity contribution in [1.29, 1.82) is 0 Å². The molecule has 6 heteroatoms. The number of hydrogen-bond acceptors (Lipinski definition) is 4. The summed E-state index contributed by atoms with van der Waals surface area (Å²) in [6, 6.07) is 9.08. The molecule has 0 saturated heterocycles. The Bertz CT molecular complexity index is 974. The quantitative estimate of drug-likeness (QED) is 0.773.